The Kier molecular flexibility index (Phi) is 3.14. The van der Waals surface area contributed by atoms with Crippen LogP contribution in [0.3, 0.4) is 0 Å². The summed E-state index contributed by atoms with van der Waals surface area (Å²) in [6.07, 6.45) is 1.48. The highest BCUT2D eigenvalue weighted by Crippen LogP contribution is 2.16. The summed E-state index contributed by atoms with van der Waals surface area (Å²) in [5.41, 5.74) is 7.27. The van der Waals surface area contributed by atoms with Gasteiger partial charge in [-0.15, -0.1) is 0 Å². The highest BCUT2D eigenvalue weighted by Gasteiger charge is 2.09. The minimum Gasteiger partial charge on any atom is -0.508 e. The van der Waals surface area contributed by atoms with Crippen LogP contribution in [0, 0.1) is 6.92 Å². The van der Waals surface area contributed by atoms with Crippen molar-refractivity contribution in [3.8, 4) is 5.75 Å². The number of hydrogen-bond acceptors (Lipinski definition) is 4. The minimum absolute atomic E-state index is 0.0460. The van der Waals surface area contributed by atoms with Crippen molar-refractivity contribution in [2.45, 2.75) is 6.92 Å². The summed E-state index contributed by atoms with van der Waals surface area (Å²) in [6.45, 7) is 1.81. The van der Waals surface area contributed by atoms with E-state index in [1.165, 1.54) is 18.3 Å². The predicted octanol–water partition coefficient (Wildman–Crippen LogP) is 1.93. The first-order valence-corrected chi connectivity index (χ1v) is 5.39. The molecule has 5 heteroatoms. The first-order chi connectivity index (χ1) is 8.56. The summed E-state index contributed by atoms with van der Waals surface area (Å²) in [5, 5.41) is 12.0. The van der Waals surface area contributed by atoms with Crippen LogP contribution in [-0.2, 0) is 0 Å². The molecule has 4 N–H and O–H groups in total. The lowest BCUT2D eigenvalue weighted by atomic mass is 10.2. The number of aryl methyl sites for hydroxylation is 1. The normalized spacial score (nSPS) is 10.1. The number of carbonyl (C=O) groups excluding carboxylic acids is 1. The Balaban J connectivity index is 2.21. The van der Waals surface area contributed by atoms with E-state index in [0.29, 0.717) is 17.1 Å². The Labute approximate surface area is 104 Å². The first-order valence-electron chi connectivity index (χ1n) is 5.39. The van der Waals surface area contributed by atoms with Crippen LogP contribution in [-0.4, -0.2) is 16.0 Å². The molecule has 1 aromatic carbocycles. The topological polar surface area (TPSA) is 88.2 Å². The van der Waals surface area contributed by atoms with Crippen LogP contribution in [0.15, 0.2) is 36.5 Å². The smallest absolute Gasteiger partial charge is 0.256 e. The van der Waals surface area contributed by atoms with Crippen LogP contribution in [0.1, 0.15) is 15.9 Å². The molecular formula is C13H13N3O2. The zero-order valence-corrected chi connectivity index (χ0v) is 9.84. The number of nitrogens with two attached hydrogens (primary N) is 1. The van der Waals surface area contributed by atoms with Gasteiger partial charge in [-0.2, -0.15) is 0 Å². The molecule has 0 unspecified atom stereocenters. The SMILES string of the molecule is Cc1cc(N)cnc1NC(=O)c1cccc(O)c1. The van der Waals surface area contributed by atoms with E-state index < -0.39 is 0 Å². The molecule has 0 saturated heterocycles. The Morgan fingerprint density at radius 2 is 2.17 bits per heavy atom. The molecule has 1 aromatic heterocycles. The predicted molar refractivity (Wildman–Crippen MR) is 69.4 cm³/mol. The van der Waals surface area contributed by atoms with Crippen LogP contribution in [0.2, 0.25) is 0 Å². The van der Waals surface area contributed by atoms with Crippen LogP contribution in [0.5, 0.6) is 5.75 Å². The maximum absolute atomic E-state index is 11.9. The fraction of sp³-hybridized carbons (Fsp3) is 0.0769. The maximum Gasteiger partial charge on any atom is 0.256 e. The number of phenolic OH excluding ortho intramolecular Hbond substituents is 1. The Hall–Kier alpha value is -2.56. The van der Waals surface area contributed by atoms with Gasteiger partial charge in [0.25, 0.3) is 5.91 Å². The monoisotopic (exact) mass is 243 g/mol. The van der Waals surface area contributed by atoms with Gasteiger partial charge >= 0.3 is 0 Å². The fourth-order valence-electron chi connectivity index (χ4n) is 1.55. The minimum atomic E-state index is -0.328. The molecule has 1 heterocycles. The van der Waals surface area contributed by atoms with Crippen LogP contribution < -0.4 is 11.1 Å². The number of aromatic nitrogens is 1. The molecule has 0 aliphatic heterocycles. The standard InChI is InChI=1S/C13H13N3O2/c1-8-5-10(14)7-15-12(8)16-13(18)9-3-2-4-11(17)6-9/h2-7,17H,14H2,1H3,(H,15,16,18). The molecule has 0 atom stereocenters. The molecule has 2 aromatic rings. The summed E-state index contributed by atoms with van der Waals surface area (Å²) in [7, 11) is 0. The zero-order chi connectivity index (χ0) is 13.1. The van der Waals surface area contributed by atoms with Gasteiger partial charge in [-0.3, -0.25) is 4.79 Å². The number of carbonyl (C=O) groups is 1. The second-order valence-corrected chi connectivity index (χ2v) is 3.94. The molecule has 0 saturated carbocycles. The Bertz CT molecular complexity index is 597. The molecule has 92 valence electrons. The third-order valence-electron chi connectivity index (χ3n) is 2.44. The van der Waals surface area contributed by atoms with Gasteiger partial charge in [0.05, 0.1) is 11.9 Å². The molecule has 0 spiro atoms. The molecule has 0 radical (unpaired) electrons. The molecule has 0 fully saturated rings. The zero-order valence-electron chi connectivity index (χ0n) is 9.84. The van der Waals surface area contributed by atoms with E-state index in [9.17, 15) is 9.90 Å². The highest BCUT2D eigenvalue weighted by atomic mass is 16.3. The van der Waals surface area contributed by atoms with Crippen LogP contribution >= 0.6 is 0 Å². The fourth-order valence-corrected chi connectivity index (χ4v) is 1.55. The van der Waals surface area contributed by atoms with Gasteiger partial charge in [0.15, 0.2) is 0 Å². The van der Waals surface area contributed by atoms with E-state index in [0.717, 1.165) is 5.56 Å². The van der Waals surface area contributed by atoms with Crippen molar-refractivity contribution in [3.05, 3.63) is 47.7 Å². The number of aromatic hydroxyl groups is 1. The molecule has 18 heavy (non-hydrogen) atoms. The van der Waals surface area contributed by atoms with Gasteiger partial charge in [0.1, 0.15) is 11.6 Å². The van der Waals surface area contributed by atoms with E-state index in [1.54, 1.807) is 25.1 Å². The lowest BCUT2D eigenvalue weighted by Crippen LogP contribution is -2.14. The van der Waals surface area contributed by atoms with Crippen molar-refractivity contribution < 1.29 is 9.90 Å². The van der Waals surface area contributed by atoms with Gasteiger partial charge < -0.3 is 16.2 Å². The number of nitrogen functional groups attached to an aromatic ring is 1. The molecule has 0 aliphatic rings. The average molecular weight is 243 g/mol. The molecule has 5 nitrogen and oxygen atoms in total. The highest BCUT2D eigenvalue weighted by molar-refractivity contribution is 6.04. The van der Waals surface area contributed by atoms with Gasteiger partial charge in [-0.05, 0) is 36.8 Å². The molecule has 0 bridgehead atoms. The number of rotatable bonds is 2. The lowest BCUT2D eigenvalue weighted by molar-refractivity contribution is 0.102. The third kappa shape index (κ3) is 2.57. The van der Waals surface area contributed by atoms with Crippen LogP contribution in [0.25, 0.3) is 0 Å². The number of nitrogens with one attached hydrogen (secondary N) is 1. The van der Waals surface area contributed by atoms with Gasteiger partial charge in [0.2, 0.25) is 0 Å². The number of anilines is 2. The lowest BCUT2D eigenvalue weighted by Gasteiger charge is -2.08. The number of pyridine rings is 1. The van der Waals surface area contributed by atoms with Crippen molar-refractivity contribution >= 4 is 17.4 Å². The van der Waals surface area contributed by atoms with E-state index in [2.05, 4.69) is 10.3 Å². The van der Waals surface area contributed by atoms with Gasteiger partial charge in [0, 0.05) is 5.56 Å². The van der Waals surface area contributed by atoms with Crippen molar-refractivity contribution in [2.24, 2.45) is 0 Å². The average Bonchev–Trinajstić information content (AvgIpc) is 2.32. The van der Waals surface area contributed by atoms with E-state index in [-0.39, 0.29) is 11.7 Å². The van der Waals surface area contributed by atoms with Gasteiger partial charge in [-0.1, -0.05) is 6.07 Å². The number of nitrogens with zero attached hydrogens (tertiary/aromatic N) is 1. The quantitative estimate of drug-likeness (QED) is 0.752. The summed E-state index contributed by atoms with van der Waals surface area (Å²) >= 11 is 0. The van der Waals surface area contributed by atoms with Gasteiger partial charge in [-0.25, -0.2) is 4.98 Å². The number of hydrogen-bond donors (Lipinski definition) is 3. The second kappa shape index (κ2) is 4.75. The van der Waals surface area contributed by atoms with E-state index in [4.69, 9.17) is 5.73 Å². The van der Waals surface area contributed by atoms with Crippen LogP contribution in [0.4, 0.5) is 11.5 Å². The number of benzene rings is 1. The second-order valence-electron chi connectivity index (χ2n) is 3.94. The van der Waals surface area contributed by atoms with Crippen molar-refractivity contribution in [2.75, 3.05) is 11.1 Å². The van der Waals surface area contributed by atoms with Crippen molar-refractivity contribution in [1.82, 2.24) is 4.98 Å². The number of phenols is 1. The molecule has 0 aliphatic carbocycles. The molecule has 1 amide bonds. The molecular weight excluding hydrogens is 230 g/mol. The number of amides is 1. The Morgan fingerprint density at radius 1 is 1.39 bits per heavy atom. The Morgan fingerprint density at radius 3 is 2.83 bits per heavy atom. The summed E-state index contributed by atoms with van der Waals surface area (Å²) in [6, 6.07) is 7.84. The summed E-state index contributed by atoms with van der Waals surface area (Å²) in [5.74, 6) is 0.174. The maximum atomic E-state index is 11.9. The van der Waals surface area contributed by atoms with E-state index >= 15 is 0 Å². The van der Waals surface area contributed by atoms with Crippen molar-refractivity contribution in [1.29, 1.82) is 0 Å². The van der Waals surface area contributed by atoms with Crippen molar-refractivity contribution in [3.63, 3.8) is 0 Å². The largest absolute Gasteiger partial charge is 0.508 e. The van der Waals surface area contributed by atoms with E-state index in [1.807, 2.05) is 0 Å². The first kappa shape index (κ1) is 11.9. The molecule has 2 rings (SSSR count). The third-order valence-corrected chi connectivity index (χ3v) is 2.44. The summed E-state index contributed by atoms with van der Waals surface area (Å²) < 4.78 is 0. The summed E-state index contributed by atoms with van der Waals surface area (Å²) in [4.78, 5) is 16.0.